The average molecular weight is 764 g/mol. The molecular formula is C49H21N3O7. The van der Waals surface area contributed by atoms with E-state index in [4.69, 9.17) is 9.97 Å². The highest BCUT2D eigenvalue weighted by atomic mass is 16.2. The molecule has 0 fully saturated rings. The van der Waals surface area contributed by atoms with E-state index < -0.39 is 27.6 Å². The Hall–Kier alpha value is -8.37. The van der Waals surface area contributed by atoms with Crippen LogP contribution in [0.25, 0.3) is 108 Å². The minimum atomic E-state index is -0.621. The predicted octanol–water partition coefficient (Wildman–Crippen LogP) is 7.17. The van der Waals surface area contributed by atoms with Crippen molar-refractivity contribution in [2.24, 2.45) is 0 Å². The Morgan fingerprint density at radius 1 is 0.322 bits per heavy atom. The SMILES string of the molecule is O=C(Nc1cccc2c(=O)c3c4nc5c(ccc6c(=O)c7ccccc7c(=O)c65)c4c4c5ccc6c(=O)c7ccccc7c(=O)c6c5nc4c3c(=O)c12)c1ccccc1. The first-order valence-electron chi connectivity index (χ1n) is 18.7. The van der Waals surface area contributed by atoms with Crippen LogP contribution in [0.5, 0.6) is 0 Å². The van der Waals surface area contributed by atoms with Crippen LogP contribution in [0.1, 0.15) is 10.4 Å². The van der Waals surface area contributed by atoms with Gasteiger partial charge in [0.1, 0.15) is 0 Å². The maximum Gasteiger partial charge on any atom is 0.255 e. The third-order valence-corrected chi connectivity index (χ3v) is 11.8. The maximum atomic E-state index is 15.2. The highest BCUT2D eigenvalue weighted by Crippen LogP contribution is 2.43. The van der Waals surface area contributed by atoms with E-state index in [-0.39, 0.29) is 103 Å². The zero-order valence-electron chi connectivity index (χ0n) is 30.3. The number of rotatable bonds is 2. The van der Waals surface area contributed by atoms with Gasteiger partial charge in [0.05, 0.1) is 54.7 Å². The van der Waals surface area contributed by atoms with Crippen LogP contribution in [0.15, 0.2) is 150 Å². The zero-order valence-corrected chi connectivity index (χ0v) is 30.3. The van der Waals surface area contributed by atoms with Crippen LogP contribution in [0.3, 0.4) is 0 Å². The van der Waals surface area contributed by atoms with Gasteiger partial charge in [-0.25, -0.2) is 9.97 Å². The first kappa shape index (κ1) is 32.8. The van der Waals surface area contributed by atoms with E-state index in [2.05, 4.69) is 5.32 Å². The topological polar surface area (TPSA) is 157 Å². The number of anilines is 1. The number of nitrogens with zero attached hydrogens (tertiary/aromatic N) is 2. The highest BCUT2D eigenvalue weighted by molar-refractivity contribution is 6.40. The van der Waals surface area contributed by atoms with Crippen molar-refractivity contribution in [1.29, 1.82) is 0 Å². The van der Waals surface area contributed by atoms with Crippen LogP contribution in [-0.2, 0) is 0 Å². The van der Waals surface area contributed by atoms with E-state index in [1.165, 1.54) is 6.07 Å². The summed E-state index contributed by atoms with van der Waals surface area (Å²) < 4.78 is 0. The summed E-state index contributed by atoms with van der Waals surface area (Å²) in [5.74, 6) is -0.493. The Balaban J connectivity index is 1.33. The maximum absolute atomic E-state index is 15.2. The molecule has 10 heteroatoms. The number of fused-ring (bicyclic) bond motifs is 17. The summed E-state index contributed by atoms with van der Waals surface area (Å²) in [7, 11) is 0. The minimum absolute atomic E-state index is 0.0224. The van der Waals surface area contributed by atoms with Gasteiger partial charge in [-0.05, 0) is 30.3 Å². The van der Waals surface area contributed by atoms with Crippen LogP contribution in [0.4, 0.5) is 5.69 Å². The van der Waals surface area contributed by atoms with Crippen molar-refractivity contribution in [3.05, 3.63) is 188 Å². The molecule has 0 atom stereocenters. The molecule has 0 unspecified atom stereocenters. The molecule has 0 aliphatic carbocycles. The molecule has 0 aliphatic rings. The molecular weight excluding hydrogens is 743 g/mol. The summed E-state index contributed by atoms with van der Waals surface area (Å²) in [6.45, 7) is 0. The van der Waals surface area contributed by atoms with Crippen LogP contribution in [0, 0.1) is 0 Å². The molecule has 0 radical (unpaired) electrons. The third-order valence-electron chi connectivity index (χ3n) is 11.8. The summed E-state index contributed by atoms with van der Waals surface area (Å²) in [4.78, 5) is 110. The van der Waals surface area contributed by atoms with Crippen molar-refractivity contribution in [2.45, 2.75) is 0 Å². The van der Waals surface area contributed by atoms with Gasteiger partial charge in [-0.3, -0.25) is 33.6 Å². The summed E-state index contributed by atoms with van der Waals surface area (Å²) in [6, 6.07) is 32.6. The molecule has 12 aromatic rings. The lowest BCUT2D eigenvalue weighted by molar-refractivity contribution is 0.102. The molecule has 0 spiro atoms. The van der Waals surface area contributed by atoms with Gasteiger partial charge in [0.15, 0.2) is 32.6 Å². The number of benzene rings is 10. The molecule has 0 saturated carbocycles. The fourth-order valence-corrected chi connectivity index (χ4v) is 9.25. The third kappa shape index (κ3) is 4.10. The van der Waals surface area contributed by atoms with Gasteiger partial charge in [-0.2, -0.15) is 0 Å². The molecule has 1 N–H and O–H groups in total. The Kier molecular flexibility index (Phi) is 6.32. The largest absolute Gasteiger partial charge is 0.321 e. The molecule has 59 heavy (non-hydrogen) atoms. The Bertz CT molecular complexity index is 4320. The second kappa shape index (κ2) is 11.4. The van der Waals surface area contributed by atoms with Gasteiger partial charge < -0.3 is 5.32 Å². The zero-order chi connectivity index (χ0) is 40.0. The minimum Gasteiger partial charge on any atom is -0.321 e. The molecule has 0 aliphatic heterocycles. The standard InChI is InChI=1S/C49H21N3O7/c53-43-22-11-4-6-13-24(22)45(55)35-29(43)19-17-26-33-34-27-18-20-30-36(46(56)25-14-7-5-12-23(25)44(30)54)40(27)52-42(34)38-37(41(33)51-39(26)35)47(57)28-15-8-16-31(32(28)48(38)58)50-49(59)21-9-2-1-3-10-21/h1-20H,(H,50,59). The van der Waals surface area contributed by atoms with Gasteiger partial charge in [-0.15, -0.1) is 0 Å². The average Bonchev–Trinajstić information content (AvgIpc) is 3.85. The van der Waals surface area contributed by atoms with Crippen molar-refractivity contribution in [3.63, 3.8) is 0 Å². The number of hydrogen-bond donors (Lipinski definition) is 1. The lowest BCUT2D eigenvalue weighted by Gasteiger charge is -2.10. The van der Waals surface area contributed by atoms with Gasteiger partial charge in [0.25, 0.3) is 5.91 Å². The summed E-state index contributed by atoms with van der Waals surface area (Å²) in [5, 5.41) is 5.65. The fraction of sp³-hybridized carbons (Fsp3) is 0. The summed E-state index contributed by atoms with van der Waals surface area (Å²) in [5.41, 5.74) is -1.77. The normalized spacial score (nSPS) is 12.2. The van der Waals surface area contributed by atoms with E-state index in [1.54, 1.807) is 115 Å². The van der Waals surface area contributed by atoms with Crippen molar-refractivity contribution in [2.75, 3.05) is 5.32 Å². The Morgan fingerprint density at radius 3 is 1.25 bits per heavy atom. The molecule has 2 heterocycles. The molecule has 12 rings (SSSR count). The Morgan fingerprint density at radius 2 is 0.729 bits per heavy atom. The van der Waals surface area contributed by atoms with Crippen molar-refractivity contribution in [3.8, 4) is 0 Å². The van der Waals surface area contributed by atoms with Crippen molar-refractivity contribution in [1.82, 2.24) is 9.97 Å². The van der Waals surface area contributed by atoms with E-state index >= 15 is 4.79 Å². The predicted molar refractivity (Wildman–Crippen MR) is 234 cm³/mol. The lowest BCUT2D eigenvalue weighted by Crippen LogP contribution is -2.18. The number of nitrogens with one attached hydrogen (secondary N) is 1. The second-order valence-electron chi connectivity index (χ2n) is 14.8. The number of hydrogen-bond acceptors (Lipinski definition) is 9. The van der Waals surface area contributed by atoms with E-state index in [0.29, 0.717) is 27.1 Å². The number of amides is 1. The van der Waals surface area contributed by atoms with Crippen molar-refractivity contribution >= 4 is 120 Å². The van der Waals surface area contributed by atoms with Gasteiger partial charge >= 0.3 is 0 Å². The Labute approximate surface area is 327 Å². The summed E-state index contributed by atoms with van der Waals surface area (Å²) >= 11 is 0. The van der Waals surface area contributed by atoms with Crippen LogP contribution in [0.2, 0.25) is 0 Å². The van der Waals surface area contributed by atoms with E-state index in [9.17, 15) is 28.8 Å². The fourth-order valence-electron chi connectivity index (χ4n) is 9.25. The molecule has 2 aromatic heterocycles. The van der Waals surface area contributed by atoms with Crippen LogP contribution < -0.4 is 37.9 Å². The molecule has 10 nitrogen and oxygen atoms in total. The van der Waals surface area contributed by atoms with Crippen LogP contribution in [-0.4, -0.2) is 15.9 Å². The number of carbonyl (C=O) groups is 1. The van der Waals surface area contributed by atoms with Crippen molar-refractivity contribution < 1.29 is 4.79 Å². The second-order valence-corrected chi connectivity index (χ2v) is 14.8. The highest BCUT2D eigenvalue weighted by Gasteiger charge is 2.28. The molecule has 10 aromatic carbocycles. The molecule has 1 amide bonds. The lowest BCUT2D eigenvalue weighted by atomic mass is 9.94. The summed E-state index contributed by atoms with van der Waals surface area (Å²) in [6.07, 6.45) is 0. The quantitative estimate of drug-likeness (QED) is 0.180. The monoisotopic (exact) mass is 763 g/mol. The van der Waals surface area contributed by atoms with E-state index in [0.717, 1.165) is 0 Å². The van der Waals surface area contributed by atoms with Crippen LogP contribution >= 0.6 is 0 Å². The smallest absolute Gasteiger partial charge is 0.255 e. The van der Waals surface area contributed by atoms with Gasteiger partial charge in [0, 0.05) is 64.8 Å². The first-order chi connectivity index (χ1) is 28.7. The molecule has 274 valence electrons. The number of aromatic nitrogens is 2. The van der Waals surface area contributed by atoms with Gasteiger partial charge in [-0.1, -0.05) is 91.0 Å². The molecule has 0 bridgehead atoms. The molecule has 0 saturated heterocycles. The van der Waals surface area contributed by atoms with Gasteiger partial charge in [0.2, 0.25) is 0 Å². The van der Waals surface area contributed by atoms with E-state index in [1.807, 2.05) is 0 Å². The first-order valence-corrected chi connectivity index (χ1v) is 18.7. The number of carbonyl (C=O) groups excluding carboxylic acids is 1.